The highest BCUT2D eigenvalue weighted by Gasteiger charge is 2.35. The Hall–Kier alpha value is -0.610. The smallest absolute Gasteiger partial charge is 0.323 e. The summed E-state index contributed by atoms with van der Waals surface area (Å²) in [6.07, 6.45) is 2.86. The molecule has 3 N–H and O–H groups in total. The van der Waals surface area contributed by atoms with Crippen LogP contribution in [0.1, 0.15) is 39.5 Å². The summed E-state index contributed by atoms with van der Waals surface area (Å²) in [5, 5.41) is 20.8. The third-order valence-electron chi connectivity index (χ3n) is 2.34. The third kappa shape index (κ3) is 3.64. The van der Waals surface area contributed by atoms with Crippen molar-refractivity contribution in [3.63, 3.8) is 0 Å². The van der Waals surface area contributed by atoms with Crippen molar-refractivity contribution in [3.05, 3.63) is 0 Å². The highest BCUT2D eigenvalue weighted by Crippen LogP contribution is 2.19. The van der Waals surface area contributed by atoms with E-state index in [2.05, 4.69) is 5.32 Å². The molecule has 0 aliphatic heterocycles. The van der Waals surface area contributed by atoms with Crippen molar-refractivity contribution >= 4 is 5.97 Å². The molecule has 0 atom stereocenters. The average molecular weight is 203 g/mol. The van der Waals surface area contributed by atoms with Gasteiger partial charge in [0.1, 0.15) is 5.54 Å². The van der Waals surface area contributed by atoms with E-state index in [1.165, 1.54) is 0 Å². The molecule has 0 aromatic rings. The van der Waals surface area contributed by atoms with Crippen molar-refractivity contribution in [2.75, 3.05) is 13.2 Å². The van der Waals surface area contributed by atoms with Crippen LogP contribution >= 0.6 is 0 Å². The lowest BCUT2D eigenvalue weighted by atomic mass is 9.88. The zero-order chi connectivity index (χ0) is 11.0. The maximum Gasteiger partial charge on any atom is 0.323 e. The maximum absolute atomic E-state index is 11.2. The van der Waals surface area contributed by atoms with Crippen LogP contribution < -0.4 is 5.32 Å². The van der Waals surface area contributed by atoms with Gasteiger partial charge in [0.2, 0.25) is 0 Å². The molecule has 14 heavy (non-hydrogen) atoms. The van der Waals surface area contributed by atoms with Crippen molar-refractivity contribution in [1.82, 2.24) is 5.32 Å². The fourth-order valence-electron chi connectivity index (χ4n) is 1.74. The Labute approximate surface area is 85.3 Å². The molecule has 0 rings (SSSR count). The number of carboxylic acid groups (broad SMARTS) is 1. The fourth-order valence-corrected chi connectivity index (χ4v) is 1.74. The van der Waals surface area contributed by atoms with Crippen molar-refractivity contribution < 1.29 is 15.0 Å². The van der Waals surface area contributed by atoms with E-state index in [0.717, 1.165) is 12.8 Å². The van der Waals surface area contributed by atoms with Gasteiger partial charge in [-0.25, -0.2) is 0 Å². The number of hydrogen-bond acceptors (Lipinski definition) is 3. The Bertz CT molecular complexity index is 165. The molecule has 0 radical (unpaired) electrons. The molecule has 0 saturated carbocycles. The SMILES string of the molecule is CCCC(CCC)(NCCO)C(=O)O. The minimum atomic E-state index is -0.841. The molecular formula is C10H21NO3. The molecule has 0 aliphatic carbocycles. The van der Waals surface area contributed by atoms with E-state index < -0.39 is 11.5 Å². The molecule has 84 valence electrons. The summed E-state index contributed by atoms with van der Waals surface area (Å²) in [5.41, 5.74) is -0.841. The molecule has 0 saturated heterocycles. The first-order valence-electron chi connectivity index (χ1n) is 5.22. The van der Waals surface area contributed by atoms with Gasteiger partial charge >= 0.3 is 5.97 Å². The highest BCUT2D eigenvalue weighted by atomic mass is 16.4. The van der Waals surface area contributed by atoms with Gasteiger partial charge in [0, 0.05) is 6.54 Å². The molecule has 0 heterocycles. The van der Waals surface area contributed by atoms with Gasteiger partial charge < -0.3 is 10.2 Å². The normalized spacial score (nSPS) is 11.6. The monoisotopic (exact) mass is 203 g/mol. The summed E-state index contributed by atoms with van der Waals surface area (Å²) in [4.78, 5) is 11.2. The number of aliphatic carboxylic acids is 1. The Morgan fingerprint density at radius 1 is 1.29 bits per heavy atom. The summed E-state index contributed by atoms with van der Waals surface area (Å²) in [6.45, 7) is 4.25. The van der Waals surface area contributed by atoms with E-state index in [1.807, 2.05) is 13.8 Å². The summed E-state index contributed by atoms with van der Waals surface area (Å²) in [6, 6.07) is 0. The maximum atomic E-state index is 11.2. The van der Waals surface area contributed by atoms with Gasteiger partial charge in [0.25, 0.3) is 0 Å². The van der Waals surface area contributed by atoms with Gasteiger partial charge in [-0.1, -0.05) is 26.7 Å². The van der Waals surface area contributed by atoms with E-state index >= 15 is 0 Å². The second kappa shape index (κ2) is 6.79. The Morgan fingerprint density at radius 2 is 1.79 bits per heavy atom. The number of carboxylic acids is 1. The van der Waals surface area contributed by atoms with Gasteiger partial charge in [-0.3, -0.25) is 10.1 Å². The summed E-state index contributed by atoms with van der Waals surface area (Å²) in [7, 11) is 0. The Balaban J connectivity index is 4.46. The molecule has 0 aromatic heterocycles. The van der Waals surface area contributed by atoms with Crippen molar-refractivity contribution in [2.24, 2.45) is 0 Å². The topological polar surface area (TPSA) is 69.6 Å². The van der Waals surface area contributed by atoms with E-state index in [9.17, 15) is 4.79 Å². The highest BCUT2D eigenvalue weighted by molar-refractivity contribution is 5.78. The predicted octanol–water partition coefficient (Wildman–Crippen LogP) is 0.992. The first kappa shape index (κ1) is 13.4. The lowest BCUT2D eigenvalue weighted by molar-refractivity contribution is -0.145. The van der Waals surface area contributed by atoms with E-state index in [4.69, 9.17) is 10.2 Å². The van der Waals surface area contributed by atoms with Crippen LogP contribution in [-0.4, -0.2) is 34.9 Å². The van der Waals surface area contributed by atoms with Gasteiger partial charge in [-0.05, 0) is 12.8 Å². The second-order valence-electron chi connectivity index (χ2n) is 3.54. The molecule has 4 heteroatoms. The molecule has 0 spiro atoms. The van der Waals surface area contributed by atoms with Crippen molar-refractivity contribution in [3.8, 4) is 0 Å². The van der Waals surface area contributed by atoms with Crippen LogP contribution in [0.25, 0.3) is 0 Å². The van der Waals surface area contributed by atoms with Crippen LogP contribution in [-0.2, 0) is 4.79 Å². The quantitative estimate of drug-likeness (QED) is 0.550. The number of rotatable bonds is 8. The van der Waals surface area contributed by atoms with Crippen LogP contribution in [0.15, 0.2) is 0 Å². The molecular weight excluding hydrogens is 182 g/mol. The third-order valence-corrected chi connectivity index (χ3v) is 2.34. The number of β-amino-alcohol motifs (C(OH)–C–C–N with tert-alkyl or cyclic N) is 1. The minimum absolute atomic E-state index is 0.0253. The average Bonchev–Trinajstić information content (AvgIpc) is 2.14. The Morgan fingerprint density at radius 3 is 2.07 bits per heavy atom. The second-order valence-corrected chi connectivity index (χ2v) is 3.54. The lowest BCUT2D eigenvalue weighted by Gasteiger charge is -2.29. The van der Waals surface area contributed by atoms with Crippen LogP contribution in [0.2, 0.25) is 0 Å². The summed E-state index contributed by atoms with van der Waals surface area (Å²) < 4.78 is 0. The number of aliphatic hydroxyl groups excluding tert-OH is 1. The first-order valence-corrected chi connectivity index (χ1v) is 5.22. The van der Waals surface area contributed by atoms with Gasteiger partial charge in [0.15, 0.2) is 0 Å². The van der Waals surface area contributed by atoms with Crippen LogP contribution in [0.4, 0.5) is 0 Å². The minimum Gasteiger partial charge on any atom is -0.480 e. The molecule has 0 fully saturated rings. The van der Waals surface area contributed by atoms with Crippen molar-refractivity contribution in [1.29, 1.82) is 0 Å². The zero-order valence-electron chi connectivity index (χ0n) is 9.05. The van der Waals surface area contributed by atoms with Gasteiger partial charge in [0.05, 0.1) is 6.61 Å². The largest absolute Gasteiger partial charge is 0.480 e. The first-order chi connectivity index (χ1) is 6.63. The zero-order valence-corrected chi connectivity index (χ0v) is 9.05. The summed E-state index contributed by atoms with van der Waals surface area (Å²) in [5.74, 6) is -0.811. The number of aliphatic hydroxyl groups is 1. The predicted molar refractivity (Wildman–Crippen MR) is 55.3 cm³/mol. The standard InChI is InChI=1S/C10H21NO3/c1-3-5-10(6-4-2,9(13)14)11-7-8-12/h11-12H,3-8H2,1-2H3,(H,13,14). The van der Waals surface area contributed by atoms with E-state index in [1.54, 1.807) is 0 Å². The molecule has 0 unspecified atom stereocenters. The Kier molecular flexibility index (Phi) is 6.49. The van der Waals surface area contributed by atoms with Crippen molar-refractivity contribution in [2.45, 2.75) is 45.1 Å². The number of hydrogen-bond donors (Lipinski definition) is 3. The van der Waals surface area contributed by atoms with Gasteiger partial charge in [-0.2, -0.15) is 0 Å². The lowest BCUT2D eigenvalue weighted by Crippen LogP contribution is -2.52. The van der Waals surface area contributed by atoms with Crippen LogP contribution in [0.5, 0.6) is 0 Å². The number of nitrogens with one attached hydrogen (secondary N) is 1. The van der Waals surface area contributed by atoms with Crippen LogP contribution in [0.3, 0.4) is 0 Å². The fraction of sp³-hybridized carbons (Fsp3) is 0.900. The molecule has 4 nitrogen and oxygen atoms in total. The van der Waals surface area contributed by atoms with Gasteiger partial charge in [-0.15, -0.1) is 0 Å². The molecule has 0 bridgehead atoms. The van der Waals surface area contributed by atoms with E-state index in [0.29, 0.717) is 19.4 Å². The molecule has 0 aromatic carbocycles. The number of carbonyl (C=O) groups is 1. The van der Waals surface area contributed by atoms with Crippen LogP contribution in [0, 0.1) is 0 Å². The molecule has 0 aliphatic rings. The van der Waals surface area contributed by atoms with E-state index in [-0.39, 0.29) is 6.61 Å². The molecule has 0 amide bonds. The summed E-state index contributed by atoms with van der Waals surface area (Å²) >= 11 is 0.